The molecule has 0 saturated heterocycles. The van der Waals surface area contributed by atoms with Crippen LogP contribution in [0.5, 0.6) is 0 Å². The Balaban J connectivity index is 2.46. The molecule has 0 fully saturated rings. The maximum atomic E-state index is 13.7. The Kier molecular flexibility index (Phi) is 3.80. The molecule has 0 N–H and O–H groups in total. The van der Waals surface area contributed by atoms with E-state index in [9.17, 15) is 17.6 Å². The molecule has 0 radical (unpaired) electrons. The van der Waals surface area contributed by atoms with E-state index in [0.717, 1.165) is 18.2 Å². The van der Waals surface area contributed by atoms with Gasteiger partial charge in [-0.3, -0.25) is 0 Å². The summed E-state index contributed by atoms with van der Waals surface area (Å²) >= 11 is 6.03. The quantitative estimate of drug-likeness (QED) is 0.546. The molecule has 0 heterocycles. The first kappa shape index (κ1) is 13.9. The van der Waals surface area contributed by atoms with Crippen molar-refractivity contribution in [1.82, 2.24) is 0 Å². The second-order valence-corrected chi connectivity index (χ2v) is 4.60. The highest BCUT2D eigenvalue weighted by Gasteiger charge is 2.18. The number of halogens is 5. The van der Waals surface area contributed by atoms with E-state index < -0.39 is 28.6 Å². The van der Waals surface area contributed by atoms with Crippen molar-refractivity contribution in [3.05, 3.63) is 70.3 Å². The van der Waals surface area contributed by atoms with Crippen LogP contribution in [0.3, 0.4) is 0 Å². The highest BCUT2D eigenvalue weighted by molar-refractivity contribution is 6.22. The van der Waals surface area contributed by atoms with Crippen LogP contribution in [-0.4, -0.2) is 0 Å². The first-order chi connectivity index (χ1) is 8.90. The van der Waals surface area contributed by atoms with E-state index in [1.165, 1.54) is 19.1 Å². The Labute approximate surface area is 112 Å². The minimum Gasteiger partial charge on any atom is -0.207 e. The lowest BCUT2D eigenvalue weighted by atomic mass is 10.0. The van der Waals surface area contributed by atoms with Gasteiger partial charge >= 0.3 is 0 Å². The zero-order valence-corrected chi connectivity index (χ0v) is 10.6. The fraction of sp³-hybridized carbons (Fsp3) is 0.143. The lowest BCUT2D eigenvalue weighted by Crippen LogP contribution is -2.01. The lowest BCUT2D eigenvalue weighted by molar-refractivity contribution is 0.507. The molecule has 0 aliphatic heterocycles. The Morgan fingerprint density at radius 2 is 1.53 bits per heavy atom. The first-order valence-corrected chi connectivity index (χ1v) is 5.88. The second-order valence-electron chi connectivity index (χ2n) is 4.16. The number of hydrogen-bond acceptors (Lipinski definition) is 0. The van der Waals surface area contributed by atoms with E-state index in [0.29, 0.717) is 0 Å². The van der Waals surface area contributed by atoms with Crippen molar-refractivity contribution >= 4 is 11.6 Å². The van der Waals surface area contributed by atoms with Gasteiger partial charge in [-0.05, 0) is 36.2 Å². The number of alkyl halides is 1. The van der Waals surface area contributed by atoms with Crippen molar-refractivity contribution in [2.75, 3.05) is 0 Å². The fourth-order valence-corrected chi connectivity index (χ4v) is 2.03. The van der Waals surface area contributed by atoms with Crippen LogP contribution >= 0.6 is 11.6 Å². The maximum Gasteiger partial charge on any atom is 0.159 e. The zero-order chi connectivity index (χ0) is 14.2. The molecule has 2 rings (SSSR count). The maximum absolute atomic E-state index is 13.7. The van der Waals surface area contributed by atoms with Gasteiger partial charge in [-0.2, -0.15) is 0 Å². The first-order valence-electron chi connectivity index (χ1n) is 5.44. The average Bonchev–Trinajstić information content (AvgIpc) is 2.36. The molecule has 0 spiro atoms. The van der Waals surface area contributed by atoms with Crippen LogP contribution in [0.25, 0.3) is 0 Å². The molecular weight excluding hydrogens is 280 g/mol. The molecule has 5 heteroatoms. The van der Waals surface area contributed by atoms with Crippen LogP contribution in [0.1, 0.15) is 22.1 Å². The van der Waals surface area contributed by atoms with Crippen molar-refractivity contribution in [2.45, 2.75) is 12.3 Å². The van der Waals surface area contributed by atoms with E-state index in [1.807, 2.05) is 0 Å². The third kappa shape index (κ3) is 2.73. The normalized spacial score (nSPS) is 12.5. The lowest BCUT2D eigenvalue weighted by Gasteiger charge is -2.13. The number of benzene rings is 2. The summed E-state index contributed by atoms with van der Waals surface area (Å²) in [6.45, 7) is 1.47. The third-order valence-corrected chi connectivity index (χ3v) is 3.27. The van der Waals surface area contributed by atoms with Crippen molar-refractivity contribution in [3.63, 3.8) is 0 Å². The largest absolute Gasteiger partial charge is 0.207 e. The zero-order valence-electron chi connectivity index (χ0n) is 9.85. The summed E-state index contributed by atoms with van der Waals surface area (Å²) in [4.78, 5) is 0. The van der Waals surface area contributed by atoms with E-state index in [4.69, 9.17) is 11.6 Å². The highest BCUT2D eigenvalue weighted by atomic mass is 35.5. The van der Waals surface area contributed by atoms with E-state index in [-0.39, 0.29) is 16.7 Å². The molecule has 19 heavy (non-hydrogen) atoms. The van der Waals surface area contributed by atoms with Gasteiger partial charge in [-0.15, -0.1) is 11.6 Å². The predicted molar refractivity (Wildman–Crippen MR) is 65.1 cm³/mol. The Bertz CT molecular complexity index is 625. The SMILES string of the molecule is Cc1cc(C(Cl)c2ccc(F)c(F)c2)c(F)cc1F. The molecule has 0 nitrogen and oxygen atoms in total. The molecule has 0 saturated carbocycles. The average molecular weight is 289 g/mol. The molecule has 2 aromatic carbocycles. The molecule has 100 valence electrons. The van der Waals surface area contributed by atoms with E-state index in [1.54, 1.807) is 0 Å². The molecule has 1 atom stereocenters. The molecule has 0 aliphatic rings. The van der Waals surface area contributed by atoms with Crippen LogP contribution in [0.2, 0.25) is 0 Å². The summed E-state index contributed by atoms with van der Waals surface area (Å²) in [5.74, 6) is -3.59. The minimum atomic E-state index is -1.07. The summed E-state index contributed by atoms with van der Waals surface area (Å²) in [6.07, 6.45) is 0. The Morgan fingerprint density at radius 1 is 0.842 bits per heavy atom. The van der Waals surface area contributed by atoms with Crippen LogP contribution in [0.4, 0.5) is 17.6 Å². The number of hydrogen-bond donors (Lipinski definition) is 0. The van der Waals surface area contributed by atoms with E-state index >= 15 is 0 Å². The second kappa shape index (κ2) is 5.21. The van der Waals surface area contributed by atoms with Crippen LogP contribution in [0.15, 0.2) is 30.3 Å². The third-order valence-electron chi connectivity index (χ3n) is 2.79. The molecule has 1 unspecified atom stereocenters. The summed E-state index contributed by atoms with van der Waals surface area (Å²) in [6, 6.07) is 5.04. The van der Waals surface area contributed by atoms with Gasteiger partial charge in [0.1, 0.15) is 11.6 Å². The monoisotopic (exact) mass is 288 g/mol. The fourth-order valence-electron chi connectivity index (χ4n) is 1.72. The topological polar surface area (TPSA) is 0 Å². The smallest absolute Gasteiger partial charge is 0.159 e. The van der Waals surface area contributed by atoms with Gasteiger partial charge < -0.3 is 0 Å². The van der Waals surface area contributed by atoms with Crippen LogP contribution in [-0.2, 0) is 0 Å². The summed E-state index contributed by atoms with van der Waals surface area (Å²) in [7, 11) is 0. The van der Waals surface area contributed by atoms with Crippen molar-refractivity contribution in [2.24, 2.45) is 0 Å². The molecule has 0 amide bonds. The molecule has 0 aromatic heterocycles. The Morgan fingerprint density at radius 3 is 2.16 bits per heavy atom. The summed E-state index contributed by atoms with van der Waals surface area (Å²) < 4.78 is 52.7. The molecule has 0 bridgehead atoms. The van der Waals surface area contributed by atoms with Crippen LogP contribution in [0, 0.1) is 30.2 Å². The van der Waals surface area contributed by atoms with Crippen molar-refractivity contribution in [3.8, 4) is 0 Å². The summed E-state index contributed by atoms with van der Waals surface area (Å²) in [5.41, 5.74) is 0.446. The van der Waals surface area contributed by atoms with Gasteiger partial charge in [-0.1, -0.05) is 6.07 Å². The van der Waals surface area contributed by atoms with Gasteiger partial charge in [0.25, 0.3) is 0 Å². The van der Waals surface area contributed by atoms with Gasteiger partial charge in [0, 0.05) is 11.6 Å². The van der Waals surface area contributed by atoms with Crippen LogP contribution < -0.4 is 0 Å². The van der Waals surface area contributed by atoms with Gasteiger partial charge in [0.2, 0.25) is 0 Å². The van der Waals surface area contributed by atoms with E-state index in [2.05, 4.69) is 0 Å². The number of rotatable bonds is 2. The Hall–Kier alpha value is -1.55. The predicted octanol–water partition coefficient (Wildman–Crippen LogP) is 4.88. The number of aryl methyl sites for hydroxylation is 1. The molecule has 0 aliphatic carbocycles. The van der Waals surface area contributed by atoms with Gasteiger partial charge in [0.05, 0.1) is 5.38 Å². The van der Waals surface area contributed by atoms with Gasteiger partial charge in [0.15, 0.2) is 11.6 Å². The standard InChI is InChI=1S/C14H9ClF4/c1-7-4-9(12(18)6-11(7)17)14(15)8-2-3-10(16)13(19)5-8/h2-6,14H,1H3. The van der Waals surface area contributed by atoms with Crippen molar-refractivity contribution in [1.29, 1.82) is 0 Å². The molecular formula is C14H9ClF4. The van der Waals surface area contributed by atoms with Gasteiger partial charge in [-0.25, -0.2) is 17.6 Å². The van der Waals surface area contributed by atoms with Crippen molar-refractivity contribution < 1.29 is 17.6 Å². The summed E-state index contributed by atoms with van der Waals surface area (Å²) in [5, 5.41) is -1.02. The minimum absolute atomic E-state index is 0.0200. The molecule has 2 aromatic rings. The highest BCUT2D eigenvalue weighted by Crippen LogP contribution is 2.32.